The number of carboxylic acid groups (broad SMARTS) is 1. The van der Waals surface area contributed by atoms with Gasteiger partial charge in [-0.3, -0.25) is 9.59 Å². The number of hydrogen-bond donors (Lipinski definition) is 1. The molecule has 142 valence electrons. The van der Waals surface area contributed by atoms with Gasteiger partial charge in [0.1, 0.15) is 6.54 Å². The molecule has 0 aromatic rings. The monoisotopic (exact) mass is 341 g/mol. The molecule has 0 aliphatic rings. The van der Waals surface area contributed by atoms with Crippen LogP contribution in [0.4, 0.5) is 0 Å². The lowest BCUT2D eigenvalue weighted by Gasteiger charge is -2.19. The molecule has 0 unspecified atom stereocenters. The Balaban J connectivity index is 3.47. The SMILES string of the molecule is CCCCCCCCCCCCCCC(=O)N(CCC)CC(=O)O. The number of unbranched alkanes of at least 4 members (excludes halogenated alkanes) is 11. The lowest BCUT2D eigenvalue weighted by Crippen LogP contribution is -2.36. The molecule has 0 bridgehead atoms. The van der Waals surface area contributed by atoms with Crippen molar-refractivity contribution in [1.29, 1.82) is 0 Å². The average molecular weight is 342 g/mol. The van der Waals surface area contributed by atoms with Crippen molar-refractivity contribution in [1.82, 2.24) is 4.90 Å². The summed E-state index contributed by atoms with van der Waals surface area (Å²) in [6.07, 6.45) is 16.6. The van der Waals surface area contributed by atoms with E-state index in [2.05, 4.69) is 6.92 Å². The molecule has 0 aromatic carbocycles. The van der Waals surface area contributed by atoms with Crippen LogP contribution in [-0.4, -0.2) is 35.0 Å². The molecule has 0 aromatic heterocycles. The molecule has 4 nitrogen and oxygen atoms in total. The Morgan fingerprint density at radius 2 is 1.17 bits per heavy atom. The molecule has 0 aliphatic carbocycles. The van der Waals surface area contributed by atoms with Gasteiger partial charge in [0, 0.05) is 13.0 Å². The number of rotatable bonds is 17. The van der Waals surface area contributed by atoms with Crippen LogP contribution in [0, 0.1) is 0 Å². The molecule has 4 heteroatoms. The molecular weight excluding hydrogens is 302 g/mol. The van der Waals surface area contributed by atoms with Crippen molar-refractivity contribution in [2.45, 2.75) is 104 Å². The molecule has 0 saturated heterocycles. The molecule has 1 amide bonds. The highest BCUT2D eigenvalue weighted by atomic mass is 16.4. The van der Waals surface area contributed by atoms with E-state index in [9.17, 15) is 9.59 Å². The molecule has 0 atom stereocenters. The Morgan fingerprint density at radius 1 is 0.708 bits per heavy atom. The zero-order chi connectivity index (χ0) is 18.0. The van der Waals surface area contributed by atoms with Crippen LogP contribution in [0.2, 0.25) is 0 Å². The molecule has 0 fully saturated rings. The highest BCUT2D eigenvalue weighted by Gasteiger charge is 2.14. The summed E-state index contributed by atoms with van der Waals surface area (Å²) >= 11 is 0. The van der Waals surface area contributed by atoms with E-state index in [1.165, 1.54) is 69.1 Å². The standard InChI is InChI=1S/C20H39NO3/c1-3-5-6-7-8-9-10-11-12-13-14-15-16-19(22)21(17-4-2)18-20(23)24/h3-18H2,1-2H3,(H,23,24). The van der Waals surface area contributed by atoms with Crippen molar-refractivity contribution < 1.29 is 14.7 Å². The van der Waals surface area contributed by atoms with Gasteiger partial charge in [-0.15, -0.1) is 0 Å². The third kappa shape index (κ3) is 14.5. The van der Waals surface area contributed by atoms with Crippen LogP contribution in [0.25, 0.3) is 0 Å². The number of hydrogen-bond acceptors (Lipinski definition) is 2. The predicted octanol–water partition coefficient (Wildman–Crippen LogP) is 5.40. The van der Waals surface area contributed by atoms with E-state index in [4.69, 9.17) is 5.11 Å². The molecule has 0 heterocycles. The van der Waals surface area contributed by atoms with Crippen LogP contribution in [0.3, 0.4) is 0 Å². The van der Waals surface area contributed by atoms with E-state index in [0.29, 0.717) is 13.0 Å². The first-order chi connectivity index (χ1) is 11.6. The third-order valence-corrected chi connectivity index (χ3v) is 4.42. The fraction of sp³-hybridized carbons (Fsp3) is 0.900. The predicted molar refractivity (Wildman–Crippen MR) is 100 cm³/mol. The van der Waals surface area contributed by atoms with Gasteiger partial charge in [0.2, 0.25) is 5.91 Å². The average Bonchev–Trinajstić information content (AvgIpc) is 2.55. The van der Waals surface area contributed by atoms with Gasteiger partial charge in [-0.05, 0) is 12.8 Å². The van der Waals surface area contributed by atoms with Crippen molar-refractivity contribution >= 4 is 11.9 Å². The number of carboxylic acids is 1. The van der Waals surface area contributed by atoms with E-state index >= 15 is 0 Å². The number of amides is 1. The molecule has 0 spiro atoms. The maximum atomic E-state index is 12.0. The van der Waals surface area contributed by atoms with Crippen molar-refractivity contribution in [3.05, 3.63) is 0 Å². The minimum Gasteiger partial charge on any atom is -0.480 e. The Bertz CT molecular complexity index is 318. The van der Waals surface area contributed by atoms with Gasteiger partial charge < -0.3 is 10.0 Å². The van der Waals surface area contributed by atoms with Crippen LogP contribution in [-0.2, 0) is 9.59 Å². The Morgan fingerprint density at radius 3 is 1.58 bits per heavy atom. The summed E-state index contributed by atoms with van der Waals surface area (Å²) in [5.74, 6) is -0.933. The normalized spacial score (nSPS) is 10.8. The quantitative estimate of drug-likeness (QED) is 0.360. The minimum atomic E-state index is -0.925. The first-order valence-electron chi connectivity index (χ1n) is 10.1. The minimum absolute atomic E-state index is 0.00803. The summed E-state index contributed by atoms with van der Waals surface area (Å²) in [6, 6.07) is 0. The first kappa shape index (κ1) is 22.9. The molecule has 0 saturated carbocycles. The van der Waals surface area contributed by atoms with Gasteiger partial charge in [-0.25, -0.2) is 0 Å². The second-order valence-corrected chi connectivity index (χ2v) is 6.85. The Labute approximate surface area is 149 Å². The summed E-state index contributed by atoms with van der Waals surface area (Å²) in [4.78, 5) is 24.3. The fourth-order valence-electron chi connectivity index (χ4n) is 3.00. The van der Waals surface area contributed by atoms with Gasteiger partial charge in [-0.1, -0.05) is 84.5 Å². The van der Waals surface area contributed by atoms with Gasteiger partial charge in [0.05, 0.1) is 0 Å². The van der Waals surface area contributed by atoms with Crippen molar-refractivity contribution in [3.8, 4) is 0 Å². The van der Waals surface area contributed by atoms with E-state index in [-0.39, 0.29) is 12.5 Å². The molecule has 0 radical (unpaired) electrons. The summed E-state index contributed by atoms with van der Waals surface area (Å²) < 4.78 is 0. The smallest absolute Gasteiger partial charge is 0.323 e. The highest BCUT2D eigenvalue weighted by molar-refractivity contribution is 5.81. The van der Waals surface area contributed by atoms with Crippen LogP contribution in [0.15, 0.2) is 0 Å². The summed E-state index contributed by atoms with van der Waals surface area (Å²) in [7, 11) is 0. The van der Waals surface area contributed by atoms with E-state index < -0.39 is 5.97 Å². The van der Waals surface area contributed by atoms with Gasteiger partial charge in [0.15, 0.2) is 0 Å². The molecular formula is C20H39NO3. The lowest BCUT2D eigenvalue weighted by atomic mass is 10.0. The third-order valence-electron chi connectivity index (χ3n) is 4.42. The first-order valence-corrected chi connectivity index (χ1v) is 10.1. The highest BCUT2D eigenvalue weighted by Crippen LogP contribution is 2.13. The Hall–Kier alpha value is -1.06. The second kappa shape index (κ2) is 16.8. The molecule has 0 rings (SSSR count). The van der Waals surface area contributed by atoms with Crippen LogP contribution in [0.5, 0.6) is 0 Å². The van der Waals surface area contributed by atoms with Gasteiger partial charge in [0.25, 0.3) is 0 Å². The number of aliphatic carboxylic acids is 1. The lowest BCUT2D eigenvalue weighted by molar-refractivity contribution is -0.144. The number of nitrogens with zero attached hydrogens (tertiary/aromatic N) is 1. The maximum absolute atomic E-state index is 12.0. The zero-order valence-electron chi connectivity index (χ0n) is 16.0. The van der Waals surface area contributed by atoms with Crippen LogP contribution >= 0.6 is 0 Å². The van der Waals surface area contributed by atoms with E-state index in [1.54, 1.807) is 0 Å². The van der Waals surface area contributed by atoms with Crippen LogP contribution < -0.4 is 0 Å². The summed E-state index contributed by atoms with van der Waals surface area (Å²) in [5.41, 5.74) is 0. The largest absolute Gasteiger partial charge is 0.480 e. The van der Waals surface area contributed by atoms with Crippen molar-refractivity contribution in [2.75, 3.05) is 13.1 Å². The zero-order valence-corrected chi connectivity index (χ0v) is 16.0. The second-order valence-electron chi connectivity index (χ2n) is 6.85. The van der Waals surface area contributed by atoms with E-state index in [1.807, 2.05) is 6.92 Å². The molecule has 24 heavy (non-hydrogen) atoms. The number of carbonyl (C=O) groups excluding carboxylic acids is 1. The van der Waals surface area contributed by atoms with Crippen molar-refractivity contribution in [2.24, 2.45) is 0 Å². The molecule has 1 N–H and O–H groups in total. The topological polar surface area (TPSA) is 57.6 Å². The maximum Gasteiger partial charge on any atom is 0.323 e. The summed E-state index contributed by atoms with van der Waals surface area (Å²) in [5, 5.41) is 8.84. The number of carbonyl (C=O) groups is 2. The van der Waals surface area contributed by atoms with Crippen LogP contribution in [0.1, 0.15) is 104 Å². The fourth-order valence-corrected chi connectivity index (χ4v) is 3.00. The Kier molecular flexibility index (Phi) is 16.0. The summed E-state index contributed by atoms with van der Waals surface area (Å²) in [6.45, 7) is 4.60. The van der Waals surface area contributed by atoms with Gasteiger partial charge >= 0.3 is 5.97 Å². The van der Waals surface area contributed by atoms with E-state index in [0.717, 1.165) is 19.3 Å². The van der Waals surface area contributed by atoms with Gasteiger partial charge in [-0.2, -0.15) is 0 Å². The van der Waals surface area contributed by atoms with Crippen molar-refractivity contribution in [3.63, 3.8) is 0 Å². The molecule has 0 aliphatic heterocycles.